The number of nitrogens with zero attached hydrogens (tertiary/aromatic N) is 4. The molecule has 47 heavy (non-hydrogen) atoms. The summed E-state index contributed by atoms with van der Waals surface area (Å²) in [4.78, 5) is 29.9. The largest absolute Gasteiger partial charge is 0.461 e. The number of nitrogens with one attached hydrogen (secondary N) is 1. The molecule has 252 valence electrons. The zero-order valence-electron chi connectivity index (χ0n) is 26.2. The Bertz CT molecular complexity index is 1620. The molecule has 14 heteroatoms. The summed E-state index contributed by atoms with van der Waals surface area (Å²) in [6, 6.07) is 18.9. The number of amides is 1. The number of carbonyl (C=O) groups excluding carboxylic acids is 2. The summed E-state index contributed by atoms with van der Waals surface area (Å²) in [5.74, 6) is -0.190. The number of aromatic nitrogens is 2. The van der Waals surface area contributed by atoms with Gasteiger partial charge in [0.25, 0.3) is 9.84 Å². The van der Waals surface area contributed by atoms with E-state index in [0.29, 0.717) is 36.8 Å². The van der Waals surface area contributed by atoms with Crippen LogP contribution in [0.4, 0.5) is 5.69 Å². The van der Waals surface area contributed by atoms with Crippen LogP contribution in [0.3, 0.4) is 0 Å². The Morgan fingerprint density at radius 2 is 1.74 bits per heavy atom. The van der Waals surface area contributed by atoms with E-state index in [0.717, 1.165) is 13.0 Å². The lowest BCUT2D eigenvalue weighted by molar-refractivity contribution is -0.832. The molecule has 2 aromatic carbocycles. The predicted octanol–water partition coefficient (Wildman–Crippen LogP) is 2.73. The highest BCUT2D eigenvalue weighted by molar-refractivity contribution is 7.91. The molecular weight excluding hydrogens is 626 g/mol. The van der Waals surface area contributed by atoms with Crippen LogP contribution in [-0.2, 0) is 24.2 Å². The third-order valence-electron chi connectivity index (χ3n) is 9.53. The summed E-state index contributed by atoms with van der Waals surface area (Å²) in [6.07, 6.45) is 6.88. The summed E-state index contributed by atoms with van der Waals surface area (Å²) in [5, 5.41) is 17.2. The Balaban J connectivity index is 0.951. The van der Waals surface area contributed by atoms with Crippen molar-refractivity contribution in [1.82, 2.24) is 15.4 Å². The molecule has 3 aromatic rings. The molecule has 4 unspecified atom stereocenters. The number of rotatable bonds is 13. The first-order chi connectivity index (χ1) is 22.8. The first-order valence-electron chi connectivity index (χ1n) is 16.3. The van der Waals surface area contributed by atoms with E-state index in [4.69, 9.17) is 9.47 Å². The average Bonchev–Trinajstić information content (AvgIpc) is 3.48. The fourth-order valence-electron chi connectivity index (χ4n) is 7.60. The van der Waals surface area contributed by atoms with Gasteiger partial charge in [0.15, 0.2) is 0 Å². The van der Waals surface area contributed by atoms with Crippen molar-refractivity contribution in [2.45, 2.75) is 67.0 Å². The van der Waals surface area contributed by atoms with Crippen LogP contribution >= 0.6 is 0 Å². The summed E-state index contributed by atoms with van der Waals surface area (Å²) in [5.41, 5.74) is 1.25. The number of para-hydroxylation sites is 1. The van der Waals surface area contributed by atoms with Crippen LogP contribution in [0, 0.1) is 17.0 Å². The molecule has 0 radical (unpaired) electrons. The number of ether oxygens (including phenoxy) is 2. The minimum atomic E-state index is -4.26. The van der Waals surface area contributed by atoms with Crippen molar-refractivity contribution < 1.29 is 37.0 Å². The highest BCUT2D eigenvalue weighted by Crippen LogP contribution is 2.44. The van der Waals surface area contributed by atoms with Crippen LogP contribution in [0.5, 0.6) is 5.88 Å². The summed E-state index contributed by atoms with van der Waals surface area (Å²) >= 11 is 0. The van der Waals surface area contributed by atoms with Gasteiger partial charge in [-0.05, 0) is 92.6 Å². The highest BCUT2D eigenvalue weighted by atomic mass is 32.2. The Hall–Kier alpha value is -4.17. The second-order valence-electron chi connectivity index (χ2n) is 12.4. The van der Waals surface area contributed by atoms with Crippen LogP contribution in [0.15, 0.2) is 75.2 Å². The van der Waals surface area contributed by atoms with Crippen LogP contribution in [-0.4, -0.2) is 81.8 Å². The lowest BCUT2D eigenvalue weighted by Crippen LogP contribution is -2.65. The fourth-order valence-corrected chi connectivity index (χ4v) is 8.89. The van der Waals surface area contributed by atoms with Crippen molar-refractivity contribution in [1.29, 1.82) is 0 Å². The maximum absolute atomic E-state index is 12.8. The van der Waals surface area contributed by atoms with Crippen molar-refractivity contribution in [3.8, 4) is 5.88 Å². The molecule has 4 heterocycles. The third-order valence-corrected chi connectivity index (χ3v) is 11.3. The highest BCUT2D eigenvalue weighted by Gasteiger charge is 2.48. The molecule has 4 atom stereocenters. The van der Waals surface area contributed by atoms with Crippen molar-refractivity contribution in [2.75, 3.05) is 44.3 Å². The molecule has 1 amide bonds. The SMILES string of the molecule is O=C(CCCC1C2CCCN3CCCC(CN1c1ccccc1)C23)NCC(=O)OCCOc1no[n+]([O-])c1S(=O)(=O)c1ccccc1. The van der Waals surface area contributed by atoms with Crippen LogP contribution in [0.1, 0.15) is 44.9 Å². The topological polar surface area (TPSA) is 158 Å². The number of hydrogen-bond acceptors (Lipinski definition) is 11. The zero-order valence-corrected chi connectivity index (χ0v) is 27.1. The third kappa shape index (κ3) is 7.38. The second kappa shape index (κ2) is 14.7. The van der Waals surface area contributed by atoms with Crippen molar-refractivity contribution in [2.24, 2.45) is 11.8 Å². The zero-order chi connectivity index (χ0) is 32.8. The molecule has 1 N–H and O–H groups in total. The minimum Gasteiger partial charge on any atom is -0.461 e. The lowest BCUT2D eigenvalue weighted by atomic mass is 9.69. The van der Waals surface area contributed by atoms with Gasteiger partial charge in [0.2, 0.25) is 5.91 Å². The summed E-state index contributed by atoms with van der Waals surface area (Å²) in [7, 11) is -4.26. The number of piperidine rings is 3. The van der Waals surface area contributed by atoms with E-state index in [1.54, 1.807) is 6.07 Å². The minimum absolute atomic E-state index is 0.134. The average molecular weight is 668 g/mol. The Morgan fingerprint density at radius 1 is 1.02 bits per heavy atom. The van der Waals surface area contributed by atoms with Crippen LogP contribution < -0.4 is 19.9 Å². The molecule has 0 spiro atoms. The predicted molar refractivity (Wildman–Crippen MR) is 169 cm³/mol. The van der Waals surface area contributed by atoms with E-state index in [1.807, 2.05) is 6.07 Å². The molecule has 3 aliphatic rings. The molecule has 6 rings (SSSR count). The molecule has 13 nitrogen and oxygen atoms in total. The maximum atomic E-state index is 12.8. The fraction of sp³-hybridized carbons (Fsp3) is 0.515. The number of benzene rings is 2. The number of carbonyl (C=O) groups is 2. The molecule has 1 aromatic heterocycles. The van der Waals surface area contributed by atoms with Crippen molar-refractivity contribution in [3.05, 3.63) is 65.9 Å². The number of esters is 1. The van der Waals surface area contributed by atoms with Gasteiger partial charge in [-0.1, -0.05) is 36.4 Å². The van der Waals surface area contributed by atoms with E-state index in [1.165, 1.54) is 68.7 Å². The smallest absolute Gasteiger partial charge is 0.415 e. The van der Waals surface area contributed by atoms with Crippen molar-refractivity contribution in [3.63, 3.8) is 0 Å². The van der Waals surface area contributed by atoms with E-state index in [-0.39, 0.29) is 35.5 Å². The van der Waals surface area contributed by atoms with E-state index >= 15 is 0 Å². The van der Waals surface area contributed by atoms with Crippen LogP contribution in [0.2, 0.25) is 0 Å². The Kier molecular flexibility index (Phi) is 10.3. The first-order valence-corrected chi connectivity index (χ1v) is 17.8. The van der Waals surface area contributed by atoms with Gasteiger partial charge < -0.3 is 24.9 Å². The van der Waals surface area contributed by atoms with Gasteiger partial charge in [-0.2, -0.15) is 0 Å². The first kappa shape index (κ1) is 32.8. The Labute approximate surface area is 274 Å². The number of sulfone groups is 1. The summed E-state index contributed by atoms with van der Waals surface area (Å²) in [6.45, 7) is 2.58. The molecule has 3 saturated heterocycles. The quantitative estimate of drug-likeness (QED) is 0.162. The second-order valence-corrected chi connectivity index (χ2v) is 14.2. The molecule has 0 aliphatic carbocycles. The van der Waals surface area contributed by atoms with Gasteiger partial charge in [0.1, 0.15) is 19.8 Å². The van der Waals surface area contributed by atoms with Gasteiger partial charge in [0.05, 0.1) is 10.1 Å². The number of anilines is 1. The Morgan fingerprint density at radius 3 is 2.51 bits per heavy atom. The van der Waals surface area contributed by atoms with E-state index < -0.39 is 26.7 Å². The lowest BCUT2D eigenvalue weighted by Gasteiger charge is -2.58. The normalized spacial score (nSPS) is 22.7. The van der Waals surface area contributed by atoms with Crippen LogP contribution in [0.25, 0.3) is 0 Å². The molecule has 0 saturated carbocycles. The van der Waals surface area contributed by atoms with E-state index in [9.17, 15) is 23.2 Å². The molecular formula is C33H41N5O8S. The van der Waals surface area contributed by atoms with Gasteiger partial charge in [-0.25, -0.2) is 8.42 Å². The molecule has 3 fully saturated rings. The van der Waals surface area contributed by atoms with Gasteiger partial charge in [0, 0.05) is 30.7 Å². The summed E-state index contributed by atoms with van der Waals surface area (Å²) < 4.78 is 40.5. The standard InChI is InChI=1S/C33H41N5O8S/c39-29(34-22-30(40)44-20-21-45-32-33(38(41)46-35-32)47(42,43)26-13-5-2-6-14-26)17-7-16-28-27-15-9-19-36-18-8-10-24(31(27)36)23-37(28)25-11-3-1-4-12-25/h1-6,11-14,24,27-28,31H,7-10,15-23H2,(H,34,39). The van der Waals surface area contributed by atoms with Gasteiger partial charge >= 0.3 is 16.9 Å². The van der Waals surface area contributed by atoms with Gasteiger partial charge in [-0.15, -0.1) is 0 Å². The van der Waals surface area contributed by atoms with Crippen molar-refractivity contribution >= 4 is 27.4 Å². The molecule has 0 bridgehead atoms. The maximum Gasteiger partial charge on any atom is 0.415 e. The number of hydrogen-bond donors (Lipinski definition) is 1. The van der Waals surface area contributed by atoms with Gasteiger partial charge in [-0.3, -0.25) is 19.1 Å². The molecule has 3 aliphatic heterocycles. The monoisotopic (exact) mass is 667 g/mol. The van der Waals surface area contributed by atoms with E-state index in [2.05, 4.69) is 49.2 Å².